The monoisotopic (exact) mass is 460 g/mol. The van der Waals surface area contributed by atoms with Gasteiger partial charge in [0.15, 0.2) is 0 Å². The van der Waals surface area contributed by atoms with Gasteiger partial charge < -0.3 is 10.6 Å². The molecule has 2 saturated heterocycles. The molecule has 2 unspecified atom stereocenters. The highest BCUT2D eigenvalue weighted by atomic mass is 16.2. The van der Waals surface area contributed by atoms with Crippen LogP contribution in [0.5, 0.6) is 0 Å². The molecular weight excluding hydrogens is 428 g/mol. The van der Waals surface area contributed by atoms with Crippen LogP contribution in [-0.2, 0) is 22.7 Å². The molecule has 5 rings (SSSR count). The second kappa shape index (κ2) is 9.68. The Bertz CT molecular complexity index is 1080. The molecule has 0 bridgehead atoms. The molecule has 0 aromatic heterocycles. The van der Waals surface area contributed by atoms with E-state index in [-0.39, 0.29) is 24.1 Å². The first-order chi connectivity index (χ1) is 16.5. The molecule has 0 radical (unpaired) electrons. The first-order valence-electron chi connectivity index (χ1n) is 12.3. The van der Waals surface area contributed by atoms with Crippen molar-refractivity contribution in [3.63, 3.8) is 0 Å². The Kier molecular flexibility index (Phi) is 6.48. The zero-order valence-corrected chi connectivity index (χ0v) is 19.4. The molecule has 2 fully saturated rings. The molecule has 7 heteroatoms. The zero-order chi connectivity index (χ0) is 23.7. The van der Waals surface area contributed by atoms with E-state index in [2.05, 4.69) is 40.5 Å². The van der Waals surface area contributed by atoms with Crippen LogP contribution in [0.4, 0.5) is 0 Å². The maximum absolute atomic E-state index is 13.1. The summed E-state index contributed by atoms with van der Waals surface area (Å²) in [5.74, 6) is 0.245. The highest BCUT2D eigenvalue weighted by Crippen LogP contribution is 2.33. The molecule has 2 aromatic rings. The summed E-state index contributed by atoms with van der Waals surface area (Å²) in [5, 5.41) is 2.36. The van der Waals surface area contributed by atoms with Crippen LogP contribution in [0.15, 0.2) is 48.5 Å². The van der Waals surface area contributed by atoms with Gasteiger partial charge >= 0.3 is 0 Å². The van der Waals surface area contributed by atoms with Crippen molar-refractivity contribution in [3.05, 3.63) is 70.8 Å². The lowest BCUT2D eigenvalue weighted by Crippen LogP contribution is -2.52. The largest absolute Gasteiger partial charge is 0.330 e. The van der Waals surface area contributed by atoms with Gasteiger partial charge in [-0.15, -0.1) is 0 Å². The maximum Gasteiger partial charge on any atom is 0.255 e. The summed E-state index contributed by atoms with van der Waals surface area (Å²) in [4.78, 5) is 40.9. The number of hydrogen-bond acceptors (Lipinski definition) is 5. The van der Waals surface area contributed by atoms with Gasteiger partial charge in [0.1, 0.15) is 6.04 Å². The lowest BCUT2D eigenvalue weighted by atomic mass is 9.80. The van der Waals surface area contributed by atoms with E-state index in [1.165, 1.54) is 5.56 Å². The van der Waals surface area contributed by atoms with Gasteiger partial charge in [0.2, 0.25) is 11.8 Å². The van der Waals surface area contributed by atoms with E-state index in [0.29, 0.717) is 36.9 Å². The number of rotatable bonds is 6. The predicted octanol–water partition coefficient (Wildman–Crippen LogP) is 2.40. The Hall–Kier alpha value is -3.03. The summed E-state index contributed by atoms with van der Waals surface area (Å²) < 4.78 is 0. The van der Waals surface area contributed by atoms with Gasteiger partial charge in [0.05, 0.1) is 0 Å². The molecule has 3 N–H and O–H groups in total. The van der Waals surface area contributed by atoms with Crippen LogP contribution in [-0.4, -0.2) is 53.2 Å². The number of nitrogens with one attached hydrogen (secondary N) is 1. The number of nitrogens with zero attached hydrogens (tertiary/aromatic N) is 2. The molecule has 3 aliphatic heterocycles. The normalized spacial score (nSPS) is 22.6. The minimum absolute atomic E-state index is 0.112. The van der Waals surface area contributed by atoms with E-state index in [4.69, 9.17) is 5.73 Å². The number of amides is 3. The van der Waals surface area contributed by atoms with Crippen molar-refractivity contribution in [3.8, 4) is 0 Å². The predicted molar refractivity (Wildman–Crippen MR) is 129 cm³/mol. The Morgan fingerprint density at radius 3 is 2.47 bits per heavy atom. The Balaban J connectivity index is 1.20. The molecule has 178 valence electrons. The molecule has 3 aliphatic rings. The summed E-state index contributed by atoms with van der Waals surface area (Å²) >= 11 is 0. The third-order valence-electron chi connectivity index (χ3n) is 7.68. The minimum Gasteiger partial charge on any atom is -0.330 e. The topological polar surface area (TPSA) is 95.7 Å². The second-order valence-electron chi connectivity index (χ2n) is 9.76. The van der Waals surface area contributed by atoms with E-state index >= 15 is 0 Å². The number of fused-ring (bicyclic) bond motifs is 1. The molecular formula is C27H32N4O3. The van der Waals surface area contributed by atoms with Gasteiger partial charge in [0, 0.05) is 25.1 Å². The van der Waals surface area contributed by atoms with Crippen LogP contribution in [0.2, 0.25) is 0 Å². The molecule has 34 heavy (non-hydrogen) atoms. The van der Waals surface area contributed by atoms with Crippen molar-refractivity contribution in [2.75, 3.05) is 19.6 Å². The second-order valence-corrected chi connectivity index (χ2v) is 9.76. The smallest absolute Gasteiger partial charge is 0.255 e. The van der Waals surface area contributed by atoms with Crippen molar-refractivity contribution in [2.45, 2.75) is 50.7 Å². The summed E-state index contributed by atoms with van der Waals surface area (Å²) in [6.07, 6.45) is 2.89. The fourth-order valence-electron chi connectivity index (χ4n) is 5.77. The Labute approximate surface area is 200 Å². The van der Waals surface area contributed by atoms with Crippen LogP contribution >= 0.6 is 0 Å². The summed E-state index contributed by atoms with van der Waals surface area (Å²) in [6, 6.07) is 16.1. The molecule has 3 amide bonds. The SMILES string of the molecule is NCC(c1ccccc1)C1CCN(Cc2ccc3c(c2)C(=O)N(C2CCC(=O)NC2=O)C3)CC1. The fraction of sp³-hybridized carbons (Fsp3) is 0.444. The van der Waals surface area contributed by atoms with Crippen LogP contribution in [0, 0.1) is 5.92 Å². The lowest BCUT2D eigenvalue weighted by Gasteiger charge is -2.36. The maximum atomic E-state index is 13.1. The quantitative estimate of drug-likeness (QED) is 0.646. The average molecular weight is 461 g/mol. The van der Waals surface area contributed by atoms with Crippen LogP contribution in [0.3, 0.4) is 0 Å². The van der Waals surface area contributed by atoms with Crippen molar-refractivity contribution in [1.29, 1.82) is 0 Å². The standard InChI is InChI=1S/C27H32N4O3/c28-15-23(19-4-2-1-3-5-19)20-10-12-30(13-11-20)16-18-6-7-21-17-31(27(34)22(21)14-18)24-8-9-25(32)29-26(24)33/h1-7,14,20,23-24H,8-13,15-17,28H2,(H,29,32,33). The Morgan fingerprint density at radius 1 is 1.00 bits per heavy atom. The number of imide groups is 1. The molecule has 3 heterocycles. The number of carbonyl (C=O) groups is 3. The third-order valence-corrected chi connectivity index (χ3v) is 7.68. The van der Waals surface area contributed by atoms with Gasteiger partial charge in [-0.3, -0.25) is 24.6 Å². The van der Waals surface area contributed by atoms with Crippen molar-refractivity contribution in [1.82, 2.24) is 15.1 Å². The summed E-state index contributed by atoms with van der Waals surface area (Å²) in [6.45, 7) is 3.94. The van der Waals surface area contributed by atoms with E-state index in [0.717, 1.165) is 43.6 Å². The van der Waals surface area contributed by atoms with Gasteiger partial charge in [0.25, 0.3) is 5.91 Å². The molecule has 0 aliphatic carbocycles. The van der Waals surface area contributed by atoms with Crippen molar-refractivity contribution >= 4 is 17.7 Å². The number of likely N-dealkylation sites (tertiary alicyclic amines) is 1. The number of nitrogens with two attached hydrogens (primary N) is 1. The van der Waals surface area contributed by atoms with Crippen LogP contribution < -0.4 is 11.1 Å². The van der Waals surface area contributed by atoms with Gasteiger partial charge in [-0.1, -0.05) is 42.5 Å². The minimum atomic E-state index is -0.569. The highest BCUT2D eigenvalue weighted by Gasteiger charge is 2.39. The van der Waals surface area contributed by atoms with Gasteiger partial charge in [-0.25, -0.2) is 0 Å². The van der Waals surface area contributed by atoms with Gasteiger partial charge in [-0.05, 0) is 73.5 Å². The van der Waals surface area contributed by atoms with E-state index in [9.17, 15) is 14.4 Å². The molecule has 2 aromatic carbocycles. The first kappa shape index (κ1) is 22.7. The van der Waals surface area contributed by atoms with Gasteiger partial charge in [-0.2, -0.15) is 0 Å². The molecule has 7 nitrogen and oxygen atoms in total. The van der Waals surface area contributed by atoms with Crippen LogP contribution in [0.25, 0.3) is 0 Å². The lowest BCUT2D eigenvalue weighted by molar-refractivity contribution is -0.136. The number of piperidine rings is 2. The Morgan fingerprint density at radius 2 is 1.76 bits per heavy atom. The first-order valence-corrected chi connectivity index (χ1v) is 12.3. The van der Waals surface area contributed by atoms with E-state index in [1.54, 1.807) is 4.90 Å². The molecule has 2 atom stereocenters. The highest BCUT2D eigenvalue weighted by molar-refractivity contribution is 6.05. The molecule has 0 saturated carbocycles. The average Bonchev–Trinajstić information content (AvgIpc) is 3.17. The molecule has 0 spiro atoms. The van der Waals surface area contributed by atoms with E-state index < -0.39 is 6.04 Å². The number of benzene rings is 2. The summed E-state index contributed by atoms with van der Waals surface area (Å²) in [7, 11) is 0. The number of hydrogen-bond donors (Lipinski definition) is 2. The van der Waals surface area contributed by atoms with Crippen molar-refractivity contribution < 1.29 is 14.4 Å². The fourth-order valence-corrected chi connectivity index (χ4v) is 5.77. The third kappa shape index (κ3) is 4.50. The van der Waals surface area contributed by atoms with E-state index in [1.807, 2.05) is 18.2 Å². The van der Waals surface area contributed by atoms with Crippen LogP contribution in [0.1, 0.15) is 58.6 Å². The summed E-state index contributed by atoms with van der Waals surface area (Å²) in [5.41, 5.74) is 10.2. The van der Waals surface area contributed by atoms with Crippen molar-refractivity contribution in [2.24, 2.45) is 11.7 Å². The zero-order valence-electron chi connectivity index (χ0n) is 19.4. The number of carbonyl (C=O) groups excluding carboxylic acids is 3.